The summed E-state index contributed by atoms with van der Waals surface area (Å²) in [6, 6.07) is 12.0. The van der Waals surface area contributed by atoms with Gasteiger partial charge in [-0.25, -0.2) is 17.2 Å². The van der Waals surface area contributed by atoms with Crippen molar-refractivity contribution in [3.05, 3.63) is 65.7 Å². The van der Waals surface area contributed by atoms with Gasteiger partial charge in [0.15, 0.2) is 0 Å². The van der Waals surface area contributed by atoms with Gasteiger partial charge in [0.2, 0.25) is 15.9 Å². The smallest absolute Gasteiger partial charge is 0.246 e. The Morgan fingerprint density at radius 1 is 0.935 bits per heavy atom. The second-order valence-corrected chi connectivity index (χ2v) is 9.74. The number of halogens is 2. The van der Waals surface area contributed by atoms with Crippen LogP contribution in [0.1, 0.15) is 18.4 Å². The lowest BCUT2D eigenvalue weighted by atomic mass is 9.73. The number of carbonyl (C=O) groups is 1. The molecule has 31 heavy (non-hydrogen) atoms. The van der Waals surface area contributed by atoms with Crippen molar-refractivity contribution >= 4 is 15.9 Å². The summed E-state index contributed by atoms with van der Waals surface area (Å²) < 4.78 is 59.8. The molecule has 166 valence electrons. The second-order valence-electron chi connectivity index (χ2n) is 7.83. The molecule has 0 unspecified atom stereocenters. The normalized spacial score (nSPS) is 19.9. The average Bonchev–Trinajstić information content (AvgIpc) is 2.81. The maximum Gasteiger partial charge on any atom is 0.246 e. The molecule has 0 spiro atoms. The number of hydrogen-bond donors (Lipinski definition) is 0. The minimum absolute atomic E-state index is 0.0192. The minimum Gasteiger partial charge on any atom is -0.381 e. The molecule has 2 aromatic carbocycles. The van der Waals surface area contributed by atoms with Crippen molar-refractivity contribution in [3.63, 3.8) is 0 Å². The topological polar surface area (TPSA) is 66.9 Å². The van der Waals surface area contributed by atoms with Crippen LogP contribution in [0, 0.1) is 11.6 Å². The first kappa shape index (κ1) is 21.9. The van der Waals surface area contributed by atoms with Crippen LogP contribution in [0.2, 0.25) is 0 Å². The van der Waals surface area contributed by atoms with Crippen molar-refractivity contribution in [1.82, 2.24) is 9.21 Å². The van der Waals surface area contributed by atoms with Crippen LogP contribution in [0.4, 0.5) is 8.78 Å². The Morgan fingerprint density at radius 3 is 2.23 bits per heavy atom. The Kier molecular flexibility index (Phi) is 6.09. The molecule has 2 fully saturated rings. The van der Waals surface area contributed by atoms with Crippen molar-refractivity contribution < 1.29 is 26.7 Å². The minimum atomic E-state index is -4.20. The zero-order valence-corrected chi connectivity index (χ0v) is 17.8. The van der Waals surface area contributed by atoms with E-state index in [1.807, 2.05) is 30.3 Å². The lowest BCUT2D eigenvalue weighted by Crippen LogP contribution is -2.56. The van der Waals surface area contributed by atoms with Crippen molar-refractivity contribution in [2.75, 3.05) is 39.4 Å². The summed E-state index contributed by atoms with van der Waals surface area (Å²) in [6.45, 7) is 1.37. The molecule has 0 atom stereocenters. The van der Waals surface area contributed by atoms with E-state index in [1.165, 1.54) is 0 Å². The largest absolute Gasteiger partial charge is 0.381 e. The highest BCUT2D eigenvalue weighted by molar-refractivity contribution is 7.89. The van der Waals surface area contributed by atoms with E-state index in [-0.39, 0.29) is 32.1 Å². The van der Waals surface area contributed by atoms with Crippen molar-refractivity contribution in [2.24, 2.45) is 0 Å². The number of hydrogen-bond acceptors (Lipinski definition) is 4. The van der Waals surface area contributed by atoms with Gasteiger partial charge in [-0.15, -0.1) is 0 Å². The Morgan fingerprint density at radius 2 is 1.58 bits per heavy atom. The predicted octanol–water partition coefficient (Wildman–Crippen LogP) is 2.55. The van der Waals surface area contributed by atoms with Crippen molar-refractivity contribution in [3.8, 4) is 0 Å². The van der Waals surface area contributed by atoms with E-state index in [9.17, 15) is 22.0 Å². The summed E-state index contributed by atoms with van der Waals surface area (Å²) >= 11 is 0. The third kappa shape index (κ3) is 4.09. The Hall–Kier alpha value is -2.36. The number of carbonyl (C=O) groups excluding carboxylic acids is 1. The van der Waals surface area contributed by atoms with Gasteiger partial charge in [-0.3, -0.25) is 4.79 Å². The zero-order chi connectivity index (χ0) is 22.1. The monoisotopic (exact) mass is 450 g/mol. The highest BCUT2D eigenvalue weighted by Gasteiger charge is 2.45. The zero-order valence-electron chi connectivity index (χ0n) is 17.0. The van der Waals surface area contributed by atoms with Crippen LogP contribution in [0.3, 0.4) is 0 Å². The van der Waals surface area contributed by atoms with Gasteiger partial charge in [0, 0.05) is 39.4 Å². The van der Waals surface area contributed by atoms with Gasteiger partial charge >= 0.3 is 0 Å². The van der Waals surface area contributed by atoms with Crippen LogP contribution in [0.15, 0.2) is 53.4 Å². The summed E-state index contributed by atoms with van der Waals surface area (Å²) in [4.78, 5) is 14.6. The number of sulfonamides is 1. The number of amides is 1. The average molecular weight is 451 g/mol. The molecular weight excluding hydrogens is 426 g/mol. The molecule has 0 N–H and O–H groups in total. The molecule has 1 amide bonds. The Labute approximate surface area is 180 Å². The molecule has 0 aromatic heterocycles. The maximum atomic E-state index is 14.1. The van der Waals surface area contributed by atoms with Gasteiger partial charge in [-0.2, -0.15) is 4.31 Å². The summed E-state index contributed by atoms with van der Waals surface area (Å²) in [7, 11) is -4.20. The Bertz CT molecular complexity index is 1050. The molecule has 2 saturated heterocycles. The van der Waals surface area contributed by atoms with Crippen LogP contribution in [0.25, 0.3) is 0 Å². The molecule has 0 aliphatic carbocycles. The number of nitrogens with zero attached hydrogens (tertiary/aromatic N) is 2. The number of benzene rings is 2. The van der Waals surface area contributed by atoms with Crippen molar-refractivity contribution in [2.45, 2.75) is 23.2 Å². The van der Waals surface area contributed by atoms with E-state index in [4.69, 9.17) is 4.74 Å². The fourth-order valence-corrected chi connectivity index (χ4v) is 5.85. The molecule has 0 radical (unpaired) electrons. The van der Waals surface area contributed by atoms with Crippen LogP contribution < -0.4 is 0 Å². The highest BCUT2D eigenvalue weighted by atomic mass is 32.2. The molecule has 0 saturated carbocycles. The summed E-state index contributed by atoms with van der Waals surface area (Å²) in [6.07, 6.45) is 1.12. The van der Waals surface area contributed by atoms with E-state index in [2.05, 4.69) is 0 Å². The maximum absolute atomic E-state index is 14.1. The molecular formula is C22H24F2N2O4S. The van der Waals surface area contributed by atoms with Gasteiger partial charge in [0.25, 0.3) is 0 Å². The second kappa shape index (κ2) is 8.64. The van der Waals surface area contributed by atoms with Gasteiger partial charge < -0.3 is 9.64 Å². The van der Waals surface area contributed by atoms with Gasteiger partial charge in [0.1, 0.15) is 16.5 Å². The van der Waals surface area contributed by atoms with E-state index in [0.29, 0.717) is 32.1 Å². The molecule has 2 aliphatic rings. The standard InChI is InChI=1S/C22H24F2N2O4S/c23-18-6-7-19(24)20(16-18)31(28,29)26-12-10-25(11-13-26)21(27)22(8-14-30-15-9-22)17-4-2-1-3-5-17/h1-7,16H,8-15H2. The van der Waals surface area contributed by atoms with E-state index in [0.717, 1.165) is 22.0 Å². The molecule has 2 aromatic rings. The predicted molar refractivity (Wildman–Crippen MR) is 110 cm³/mol. The third-order valence-electron chi connectivity index (χ3n) is 6.12. The lowest BCUT2D eigenvalue weighted by Gasteiger charge is -2.42. The van der Waals surface area contributed by atoms with E-state index >= 15 is 0 Å². The molecule has 4 rings (SSSR count). The van der Waals surface area contributed by atoms with Gasteiger partial charge in [0.05, 0.1) is 5.41 Å². The molecule has 9 heteroatoms. The van der Waals surface area contributed by atoms with Crippen molar-refractivity contribution in [1.29, 1.82) is 0 Å². The van der Waals surface area contributed by atoms with Gasteiger partial charge in [-0.1, -0.05) is 30.3 Å². The first-order valence-electron chi connectivity index (χ1n) is 10.2. The number of ether oxygens (including phenoxy) is 1. The van der Waals surface area contributed by atoms with Crippen LogP contribution in [-0.4, -0.2) is 62.9 Å². The molecule has 6 nitrogen and oxygen atoms in total. The molecule has 2 heterocycles. The van der Waals surface area contributed by atoms with Gasteiger partial charge in [-0.05, 0) is 36.6 Å². The lowest BCUT2D eigenvalue weighted by molar-refractivity contribution is -0.142. The first-order valence-corrected chi connectivity index (χ1v) is 11.7. The summed E-state index contributed by atoms with van der Waals surface area (Å²) in [5.74, 6) is -1.86. The fraction of sp³-hybridized carbons (Fsp3) is 0.409. The van der Waals surface area contributed by atoms with E-state index < -0.39 is 32.0 Å². The summed E-state index contributed by atoms with van der Waals surface area (Å²) in [5.41, 5.74) is 0.232. The number of piperazine rings is 1. The quantitative estimate of drug-likeness (QED) is 0.718. The van der Waals surface area contributed by atoms with E-state index in [1.54, 1.807) is 4.90 Å². The first-order chi connectivity index (χ1) is 14.8. The third-order valence-corrected chi connectivity index (χ3v) is 8.03. The van der Waals surface area contributed by atoms with Crippen LogP contribution in [0.5, 0.6) is 0 Å². The van der Waals surface area contributed by atoms with Crippen LogP contribution in [-0.2, 0) is 25.0 Å². The SMILES string of the molecule is O=C(N1CCN(S(=O)(=O)c2cc(F)ccc2F)CC1)C1(c2ccccc2)CCOCC1. The van der Waals surface area contributed by atoms with Crippen LogP contribution >= 0.6 is 0 Å². The fourth-order valence-electron chi connectivity index (χ4n) is 4.35. The summed E-state index contributed by atoms with van der Waals surface area (Å²) in [5, 5.41) is 0. The molecule has 2 aliphatic heterocycles. The highest BCUT2D eigenvalue weighted by Crippen LogP contribution is 2.37. The number of rotatable bonds is 4. The molecule has 0 bridgehead atoms. The Balaban J connectivity index is 1.52.